The van der Waals surface area contributed by atoms with E-state index in [0.29, 0.717) is 61.5 Å². The van der Waals surface area contributed by atoms with Crippen molar-refractivity contribution in [1.82, 2.24) is 15.2 Å². The number of allylic oxidation sites excluding steroid dienone is 1. The van der Waals surface area contributed by atoms with E-state index in [9.17, 15) is 17.6 Å². The van der Waals surface area contributed by atoms with Crippen LogP contribution < -0.4 is 15.4 Å². The van der Waals surface area contributed by atoms with Gasteiger partial charge in [-0.25, -0.2) is 9.37 Å². The second-order valence-corrected chi connectivity index (χ2v) is 10.2. The number of pyridine rings is 1. The molecule has 2 N–H and O–H groups in total. The van der Waals surface area contributed by atoms with Crippen molar-refractivity contribution in [3.8, 4) is 5.75 Å². The predicted molar refractivity (Wildman–Crippen MR) is 155 cm³/mol. The van der Waals surface area contributed by atoms with Crippen LogP contribution in [0.25, 0.3) is 22.4 Å². The van der Waals surface area contributed by atoms with Crippen molar-refractivity contribution in [2.24, 2.45) is 0 Å². The average molecular weight is 571 g/mol. The molecule has 1 aliphatic rings. The van der Waals surface area contributed by atoms with Gasteiger partial charge in [0.1, 0.15) is 12.1 Å². The SMILES string of the molecule is C=C(c1nc(/C=C/CNC2(c3ccc(OC)cc3)COC2)cc2c(N/C(=C\F)CCN(C)C)cccc12)C(F)(F)F. The molecule has 0 atom stereocenters. The van der Waals surface area contributed by atoms with Crippen molar-refractivity contribution >= 4 is 28.1 Å². The van der Waals surface area contributed by atoms with Crippen molar-refractivity contribution in [3.63, 3.8) is 0 Å². The molecule has 0 bridgehead atoms. The monoisotopic (exact) mass is 570 g/mol. The van der Waals surface area contributed by atoms with Crippen LogP contribution >= 0.6 is 0 Å². The number of hydrogen-bond acceptors (Lipinski definition) is 6. The number of nitrogens with zero attached hydrogens (tertiary/aromatic N) is 2. The molecule has 41 heavy (non-hydrogen) atoms. The first-order valence-electron chi connectivity index (χ1n) is 13.1. The Morgan fingerprint density at radius 3 is 2.46 bits per heavy atom. The molecule has 0 unspecified atom stereocenters. The van der Waals surface area contributed by atoms with Crippen molar-refractivity contribution in [3.05, 3.63) is 90.2 Å². The molecule has 0 aliphatic carbocycles. The molecule has 0 saturated carbocycles. The van der Waals surface area contributed by atoms with Gasteiger partial charge in [0.25, 0.3) is 0 Å². The van der Waals surface area contributed by atoms with E-state index in [1.54, 1.807) is 43.5 Å². The van der Waals surface area contributed by atoms with Crippen LogP contribution in [0.4, 0.5) is 23.2 Å². The van der Waals surface area contributed by atoms with Gasteiger partial charge < -0.3 is 25.0 Å². The lowest BCUT2D eigenvalue weighted by Crippen LogP contribution is -2.57. The first kappa shape index (κ1) is 30.2. The van der Waals surface area contributed by atoms with E-state index >= 15 is 0 Å². The molecule has 6 nitrogen and oxygen atoms in total. The molecular weight excluding hydrogens is 536 g/mol. The third-order valence-corrected chi connectivity index (χ3v) is 6.96. The Hall–Kier alpha value is -3.73. The van der Waals surface area contributed by atoms with Gasteiger partial charge in [-0.15, -0.1) is 0 Å². The minimum absolute atomic E-state index is 0.267. The molecule has 3 aromatic rings. The van der Waals surface area contributed by atoms with Crippen LogP contribution in [0.3, 0.4) is 0 Å². The Bertz CT molecular complexity index is 1430. The van der Waals surface area contributed by atoms with Crippen molar-refractivity contribution in [1.29, 1.82) is 0 Å². The van der Waals surface area contributed by atoms with Crippen LogP contribution in [-0.2, 0) is 10.3 Å². The van der Waals surface area contributed by atoms with Gasteiger partial charge in [0.2, 0.25) is 0 Å². The van der Waals surface area contributed by atoms with Crippen molar-refractivity contribution in [2.45, 2.75) is 18.1 Å². The predicted octanol–water partition coefficient (Wildman–Crippen LogP) is 6.52. The highest BCUT2D eigenvalue weighted by Gasteiger charge is 2.39. The quantitative estimate of drug-likeness (QED) is 0.242. The number of ether oxygens (including phenoxy) is 2. The van der Waals surface area contributed by atoms with Gasteiger partial charge in [0, 0.05) is 41.7 Å². The second kappa shape index (κ2) is 12.8. The van der Waals surface area contributed by atoms with Gasteiger partial charge >= 0.3 is 6.18 Å². The number of hydrogen-bond donors (Lipinski definition) is 2. The van der Waals surface area contributed by atoms with Gasteiger partial charge in [-0.2, -0.15) is 13.2 Å². The van der Waals surface area contributed by atoms with E-state index in [0.717, 1.165) is 11.3 Å². The van der Waals surface area contributed by atoms with Gasteiger partial charge in [-0.05, 0) is 50.0 Å². The van der Waals surface area contributed by atoms with Gasteiger partial charge in [-0.3, -0.25) is 0 Å². The molecule has 4 rings (SSSR count). The summed E-state index contributed by atoms with van der Waals surface area (Å²) in [5.74, 6) is 0.753. The zero-order valence-corrected chi connectivity index (χ0v) is 23.3. The maximum Gasteiger partial charge on any atom is 0.417 e. The van der Waals surface area contributed by atoms with Crippen LogP contribution in [0.15, 0.2) is 73.2 Å². The Labute approximate surface area is 237 Å². The van der Waals surface area contributed by atoms with Gasteiger partial charge in [0.15, 0.2) is 0 Å². The lowest BCUT2D eigenvalue weighted by Gasteiger charge is -2.42. The highest BCUT2D eigenvalue weighted by atomic mass is 19.4. The molecule has 1 aromatic heterocycles. The molecule has 1 saturated heterocycles. The molecular formula is C31H34F4N4O2. The lowest BCUT2D eigenvalue weighted by atomic mass is 9.88. The van der Waals surface area contributed by atoms with Crippen LogP contribution in [-0.4, -0.2) is 63.6 Å². The van der Waals surface area contributed by atoms with E-state index in [2.05, 4.69) is 22.2 Å². The first-order valence-corrected chi connectivity index (χ1v) is 13.1. The molecule has 2 heterocycles. The number of anilines is 1. The lowest BCUT2D eigenvalue weighted by molar-refractivity contribution is -0.0768. The number of halogens is 4. The van der Waals surface area contributed by atoms with Gasteiger partial charge in [0.05, 0.1) is 42.8 Å². The number of benzene rings is 2. The average Bonchev–Trinajstić information content (AvgIpc) is 2.93. The molecule has 0 amide bonds. The number of alkyl halides is 3. The summed E-state index contributed by atoms with van der Waals surface area (Å²) >= 11 is 0. The minimum Gasteiger partial charge on any atom is -0.497 e. The second-order valence-electron chi connectivity index (χ2n) is 10.2. The van der Waals surface area contributed by atoms with Crippen molar-refractivity contribution < 1.29 is 27.0 Å². The van der Waals surface area contributed by atoms with E-state index in [1.807, 2.05) is 43.3 Å². The van der Waals surface area contributed by atoms with Crippen LogP contribution in [0.1, 0.15) is 23.4 Å². The highest BCUT2D eigenvalue weighted by Crippen LogP contribution is 2.37. The number of fused-ring (bicyclic) bond motifs is 1. The van der Waals surface area contributed by atoms with E-state index in [-0.39, 0.29) is 16.6 Å². The Morgan fingerprint density at radius 2 is 1.88 bits per heavy atom. The van der Waals surface area contributed by atoms with Crippen LogP contribution in [0.2, 0.25) is 0 Å². The smallest absolute Gasteiger partial charge is 0.417 e. The van der Waals surface area contributed by atoms with Crippen molar-refractivity contribution in [2.75, 3.05) is 52.8 Å². The number of aromatic nitrogens is 1. The molecule has 218 valence electrons. The summed E-state index contributed by atoms with van der Waals surface area (Å²) in [5, 5.41) is 7.27. The third-order valence-electron chi connectivity index (χ3n) is 6.96. The summed E-state index contributed by atoms with van der Waals surface area (Å²) in [4.78, 5) is 6.23. The van der Waals surface area contributed by atoms with E-state index in [1.165, 1.54) is 0 Å². The minimum atomic E-state index is -4.67. The summed E-state index contributed by atoms with van der Waals surface area (Å²) in [6, 6.07) is 14.3. The Morgan fingerprint density at radius 1 is 1.15 bits per heavy atom. The summed E-state index contributed by atoms with van der Waals surface area (Å²) in [5.41, 5.74) is 0.457. The fourth-order valence-electron chi connectivity index (χ4n) is 4.54. The maximum absolute atomic E-state index is 13.8. The summed E-state index contributed by atoms with van der Waals surface area (Å²) in [7, 11) is 5.36. The molecule has 10 heteroatoms. The molecule has 1 fully saturated rings. The Kier molecular flexibility index (Phi) is 9.47. The van der Waals surface area contributed by atoms with Gasteiger partial charge in [-0.1, -0.05) is 36.9 Å². The first-order chi connectivity index (χ1) is 19.6. The molecule has 1 aliphatic heterocycles. The Balaban J connectivity index is 1.62. The zero-order valence-electron chi connectivity index (χ0n) is 23.3. The number of nitrogens with one attached hydrogen (secondary N) is 2. The highest BCUT2D eigenvalue weighted by molar-refractivity contribution is 6.01. The fourth-order valence-corrected chi connectivity index (χ4v) is 4.54. The van der Waals surface area contributed by atoms with E-state index in [4.69, 9.17) is 9.47 Å². The summed E-state index contributed by atoms with van der Waals surface area (Å²) in [6.07, 6.45) is -0.328. The third kappa shape index (κ3) is 7.13. The zero-order chi connectivity index (χ0) is 29.6. The number of methoxy groups -OCH3 is 1. The maximum atomic E-state index is 13.8. The largest absolute Gasteiger partial charge is 0.497 e. The molecule has 0 radical (unpaired) electrons. The molecule has 0 spiro atoms. The van der Waals surface area contributed by atoms with E-state index < -0.39 is 11.7 Å². The fraction of sp³-hybridized carbons (Fsp3) is 0.323. The normalized spacial score (nSPS) is 15.4. The summed E-state index contributed by atoms with van der Waals surface area (Å²) < 4.78 is 65.7. The van der Waals surface area contributed by atoms with Crippen LogP contribution in [0.5, 0.6) is 5.75 Å². The standard InChI is InChI=1S/C31H34F4N4O2/c1-21(31(33,34)35)29-26-8-5-9-28(37-24(18-32)14-16-39(2)3)27(26)17-23(38-29)7-6-15-36-30(19-41-20-30)22-10-12-25(40-4)13-11-22/h5-13,17-18,36-37H,1,14-16,19-20H2,2-4H3/b7-6+,24-18-. The number of rotatable bonds is 12. The topological polar surface area (TPSA) is 58.7 Å². The summed E-state index contributed by atoms with van der Waals surface area (Å²) in [6.45, 7) is 5.29. The van der Waals surface area contributed by atoms with Crippen LogP contribution in [0, 0.1) is 0 Å². The molecule has 2 aromatic carbocycles.